The monoisotopic (exact) mass is 348 g/mol. The molecular formula is C18H16N6O2. The van der Waals surface area contributed by atoms with Crippen molar-refractivity contribution < 1.29 is 9.59 Å². The van der Waals surface area contributed by atoms with Crippen LogP contribution >= 0.6 is 0 Å². The van der Waals surface area contributed by atoms with Crippen LogP contribution in [0.5, 0.6) is 0 Å². The molecule has 2 atom stereocenters. The first-order valence-electron chi connectivity index (χ1n) is 8.47. The van der Waals surface area contributed by atoms with E-state index in [9.17, 15) is 9.59 Å². The number of para-hydroxylation sites is 2. The molecule has 1 saturated heterocycles. The fourth-order valence-corrected chi connectivity index (χ4v) is 3.75. The van der Waals surface area contributed by atoms with E-state index in [-0.39, 0.29) is 23.9 Å². The molecule has 0 bridgehead atoms. The van der Waals surface area contributed by atoms with Gasteiger partial charge in [0.05, 0.1) is 11.4 Å². The standard InChI is InChI=1S/C18H16N6O2/c25-17(10-5-6-12-14(7-10)22-23-21-12)19-11-8-16-18(26)20-13-3-1-2-4-15(13)24(16)9-11/h1-7,11,16H,8-9H2,(H,19,25)(H,20,26)(H,21,22,23). The Kier molecular flexibility index (Phi) is 3.18. The number of aromatic amines is 1. The summed E-state index contributed by atoms with van der Waals surface area (Å²) in [7, 11) is 0. The summed E-state index contributed by atoms with van der Waals surface area (Å²) in [4.78, 5) is 27.1. The molecular weight excluding hydrogens is 332 g/mol. The van der Waals surface area contributed by atoms with Crippen molar-refractivity contribution in [2.24, 2.45) is 0 Å². The number of fused-ring (bicyclic) bond motifs is 4. The zero-order valence-electron chi connectivity index (χ0n) is 13.8. The van der Waals surface area contributed by atoms with E-state index in [1.807, 2.05) is 24.3 Å². The number of anilines is 2. The fraction of sp³-hybridized carbons (Fsp3) is 0.222. The van der Waals surface area contributed by atoms with Gasteiger partial charge in [-0.05, 0) is 36.8 Å². The van der Waals surface area contributed by atoms with Crippen molar-refractivity contribution in [2.75, 3.05) is 16.8 Å². The molecule has 2 aliphatic rings. The molecule has 2 amide bonds. The zero-order valence-corrected chi connectivity index (χ0v) is 13.8. The van der Waals surface area contributed by atoms with Crippen molar-refractivity contribution in [2.45, 2.75) is 18.5 Å². The third kappa shape index (κ3) is 2.30. The highest BCUT2D eigenvalue weighted by Crippen LogP contribution is 2.36. The van der Waals surface area contributed by atoms with E-state index in [4.69, 9.17) is 0 Å². The summed E-state index contributed by atoms with van der Waals surface area (Å²) in [5.41, 5.74) is 3.71. The van der Waals surface area contributed by atoms with Gasteiger partial charge in [0.25, 0.3) is 5.91 Å². The van der Waals surface area contributed by atoms with Crippen molar-refractivity contribution in [1.82, 2.24) is 20.7 Å². The van der Waals surface area contributed by atoms with E-state index < -0.39 is 0 Å². The normalized spacial score (nSPS) is 21.2. The van der Waals surface area contributed by atoms with Crippen LogP contribution in [0.15, 0.2) is 42.5 Å². The molecule has 5 rings (SSSR count). The second-order valence-corrected chi connectivity index (χ2v) is 6.61. The summed E-state index contributed by atoms with van der Waals surface area (Å²) in [6.45, 7) is 0.604. The Labute approximate surface area is 148 Å². The van der Waals surface area contributed by atoms with Crippen LogP contribution in [0.3, 0.4) is 0 Å². The number of H-pyrrole nitrogens is 1. The number of nitrogens with one attached hydrogen (secondary N) is 3. The summed E-state index contributed by atoms with van der Waals surface area (Å²) >= 11 is 0. The minimum absolute atomic E-state index is 0.0236. The van der Waals surface area contributed by atoms with Gasteiger partial charge in [0, 0.05) is 18.2 Å². The molecule has 1 fully saturated rings. The van der Waals surface area contributed by atoms with Gasteiger partial charge in [-0.1, -0.05) is 12.1 Å². The molecule has 3 heterocycles. The Hall–Kier alpha value is -3.42. The number of aromatic nitrogens is 3. The highest BCUT2D eigenvalue weighted by molar-refractivity contribution is 6.04. The Morgan fingerprint density at radius 2 is 2.00 bits per heavy atom. The molecule has 3 N–H and O–H groups in total. The van der Waals surface area contributed by atoms with Crippen LogP contribution in [0.2, 0.25) is 0 Å². The maximum Gasteiger partial charge on any atom is 0.251 e. The third-order valence-electron chi connectivity index (χ3n) is 4.99. The van der Waals surface area contributed by atoms with E-state index in [1.54, 1.807) is 18.2 Å². The number of nitrogens with zero attached hydrogens (tertiary/aromatic N) is 3. The molecule has 2 aliphatic heterocycles. The average molecular weight is 348 g/mol. The summed E-state index contributed by atoms with van der Waals surface area (Å²) < 4.78 is 0. The Morgan fingerprint density at radius 3 is 2.92 bits per heavy atom. The maximum absolute atomic E-state index is 12.6. The van der Waals surface area contributed by atoms with E-state index >= 15 is 0 Å². The lowest BCUT2D eigenvalue weighted by Crippen LogP contribution is -2.44. The molecule has 26 heavy (non-hydrogen) atoms. The second-order valence-electron chi connectivity index (χ2n) is 6.61. The predicted octanol–water partition coefficient (Wildman–Crippen LogP) is 1.29. The lowest BCUT2D eigenvalue weighted by Gasteiger charge is -2.32. The molecule has 0 radical (unpaired) electrons. The fourth-order valence-electron chi connectivity index (χ4n) is 3.75. The van der Waals surface area contributed by atoms with Crippen LogP contribution in [0.1, 0.15) is 16.8 Å². The Morgan fingerprint density at radius 1 is 1.15 bits per heavy atom. The lowest BCUT2D eigenvalue weighted by atomic mass is 10.1. The number of rotatable bonds is 2. The molecule has 0 aliphatic carbocycles. The van der Waals surface area contributed by atoms with Crippen LogP contribution in [-0.4, -0.2) is 45.9 Å². The van der Waals surface area contributed by atoms with Crippen molar-refractivity contribution in [1.29, 1.82) is 0 Å². The van der Waals surface area contributed by atoms with Gasteiger partial charge in [0.15, 0.2) is 0 Å². The van der Waals surface area contributed by atoms with Gasteiger partial charge in [-0.25, -0.2) is 0 Å². The first-order chi connectivity index (χ1) is 12.7. The Bertz CT molecular complexity index is 1030. The predicted molar refractivity (Wildman–Crippen MR) is 96.0 cm³/mol. The van der Waals surface area contributed by atoms with Crippen LogP contribution in [-0.2, 0) is 4.79 Å². The van der Waals surface area contributed by atoms with Gasteiger partial charge in [0.1, 0.15) is 17.1 Å². The quantitative estimate of drug-likeness (QED) is 0.647. The van der Waals surface area contributed by atoms with Gasteiger partial charge in [0.2, 0.25) is 5.91 Å². The lowest BCUT2D eigenvalue weighted by molar-refractivity contribution is -0.117. The largest absolute Gasteiger partial charge is 0.356 e. The van der Waals surface area contributed by atoms with Crippen LogP contribution < -0.4 is 15.5 Å². The molecule has 0 spiro atoms. The molecule has 3 aromatic rings. The molecule has 2 unspecified atom stereocenters. The van der Waals surface area contributed by atoms with Gasteiger partial charge in [-0.3, -0.25) is 9.59 Å². The van der Waals surface area contributed by atoms with Gasteiger partial charge in [-0.2, -0.15) is 15.4 Å². The highest BCUT2D eigenvalue weighted by atomic mass is 16.2. The molecule has 2 aromatic carbocycles. The summed E-state index contributed by atoms with van der Waals surface area (Å²) in [6.07, 6.45) is 0.581. The van der Waals surface area contributed by atoms with E-state index in [2.05, 4.69) is 30.9 Å². The minimum atomic E-state index is -0.256. The first kappa shape index (κ1) is 14.9. The van der Waals surface area contributed by atoms with E-state index in [1.165, 1.54) is 0 Å². The molecule has 130 valence electrons. The van der Waals surface area contributed by atoms with Crippen LogP contribution in [0, 0.1) is 0 Å². The number of amides is 2. The molecule has 8 nitrogen and oxygen atoms in total. The van der Waals surface area contributed by atoms with Gasteiger partial charge in [-0.15, -0.1) is 0 Å². The number of hydrogen-bond donors (Lipinski definition) is 3. The van der Waals surface area contributed by atoms with Crippen molar-refractivity contribution in [3.8, 4) is 0 Å². The molecule has 8 heteroatoms. The SMILES string of the molecule is O=C(NC1CC2C(=O)Nc3ccccc3N2C1)c1ccc2n[nH]nc2c1. The van der Waals surface area contributed by atoms with Gasteiger partial charge < -0.3 is 15.5 Å². The maximum atomic E-state index is 12.6. The van der Waals surface area contributed by atoms with Crippen LogP contribution in [0.4, 0.5) is 11.4 Å². The molecule has 1 aromatic heterocycles. The van der Waals surface area contributed by atoms with Gasteiger partial charge >= 0.3 is 0 Å². The van der Waals surface area contributed by atoms with E-state index in [0.717, 1.165) is 11.4 Å². The summed E-state index contributed by atoms with van der Waals surface area (Å²) in [6, 6.07) is 12.6. The number of carbonyl (C=O) groups is 2. The smallest absolute Gasteiger partial charge is 0.251 e. The third-order valence-corrected chi connectivity index (χ3v) is 4.99. The van der Waals surface area contributed by atoms with Crippen LogP contribution in [0.25, 0.3) is 11.0 Å². The Balaban J connectivity index is 1.36. The summed E-state index contributed by atoms with van der Waals surface area (Å²) in [5.74, 6) is -0.196. The number of benzene rings is 2. The minimum Gasteiger partial charge on any atom is -0.356 e. The van der Waals surface area contributed by atoms with E-state index in [0.29, 0.717) is 29.6 Å². The summed E-state index contributed by atoms with van der Waals surface area (Å²) in [5, 5.41) is 16.5. The highest BCUT2D eigenvalue weighted by Gasteiger charge is 2.41. The first-order valence-corrected chi connectivity index (χ1v) is 8.47. The number of hydrogen-bond acceptors (Lipinski definition) is 5. The molecule has 0 saturated carbocycles. The topological polar surface area (TPSA) is 103 Å². The van der Waals surface area contributed by atoms with Crippen molar-refractivity contribution in [3.05, 3.63) is 48.0 Å². The average Bonchev–Trinajstić information content (AvgIpc) is 3.28. The zero-order chi connectivity index (χ0) is 17.7. The number of carbonyl (C=O) groups excluding carboxylic acids is 2. The van der Waals surface area contributed by atoms with Crippen molar-refractivity contribution >= 4 is 34.2 Å². The second kappa shape index (κ2) is 5.55. The van der Waals surface area contributed by atoms with Crippen molar-refractivity contribution in [3.63, 3.8) is 0 Å².